The Kier molecular flexibility index (Phi) is 4.10. The zero-order chi connectivity index (χ0) is 13.9. The van der Waals surface area contributed by atoms with Crippen molar-refractivity contribution >= 4 is 11.6 Å². The summed E-state index contributed by atoms with van der Waals surface area (Å²) in [6.07, 6.45) is 0. The van der Waals surface area contributed by atoms with Crippen LogP contribution < -0.4 is 4.90 Å². The molecular formula is C15H21N2O2. The summed E-state index contributed by atoms with van der Waals surface area (Å²) in [7, 11) is 1.58. The van der Waals surface area contributed by atoms with E-state index in [4.69, 9.17) is 4.74 Å². The third-order valence-electron chi connectivity index (χ3n) is 3.66. The van der Waals surface area contributed by atoms with E-state index in [2.05, 4.69) is 23.1 Å². The Balaban J connectivity index is 1.95. The van der Waals surface area contributed by atoms with Crippen LogP contribution in [0.15, 0.2) is 24.3 Å². The second-order valence-electron chi connectivity index (χ2n) is 5.25. The Bertz CT molecular complexity index is 423. The van der Waals surface area contributed by atoms with E-state index >= 15 is 0 Å². The van der Waals surface area contributed by atoms with Gasteiger partial charge in [-0.1, -0.05) is 12.1 Å². The number of amides is 1. The number of methoxy groups -OCH3 is 1. The zero-order valence-corrected chi connectivity index (χ0v) is 11.8. The van der Waals surface area contributed by atoms with E-state index in [-0.39, 0.29) is 5.91 Å². The molecule has 0 aliphatic carbocycles. The number of carbonyl (C=O) groups excluding carboxylic acids is 1. The van der Waals surface area contributed by atoms with Crippen molar-refractivity contribution in [3.63, 3.8) is 0 Å². The standard InChI is InChI=1S/C15H21N2O2/c1-15(2,19-3)14(18)17-11-9-16(10-12-17)13-7-5-4-6-8-13/h5-8H,9-12H2,1-3H3. The van der Waals surface area contributed by atoms with Gasteiger partial charge in [0, 0.05) is 39.0 Å². The minimum atomic E-state index is -0.732. The molecule has 4 heteroatoms. The topological polar surface area (TPSA) is 32.8 Å². The molecule has 0 spiro atoms. The molecule has 1 aromatic rings. The predicted molar refractivity (Wildman–Crippen MR) is 75.2 cm³/mol. The Labute approximate surface area is 115 Å². The molecule has 19 heavy (non-hydrogen) atoms. The average Bonchev–Trinajstić information content (AvgIpc) is 2.47. The predicted octanol–water partition coefficient (Wildman–Crippen LogP) is 1.56. The molecule has 1 amide bonds. The van der Waals surface area contributed by atoms with E-state index in [1.54, 1.807) is 7.11 Å². The van der Waals surface area contributed by atoms with Crippen molar-refractivity contribution in [2.24, 2.45) is 0 Å². The van der Waals surface area contributed by atoms with Crippen molar-refractivity contribution in [3.05, 3.63) is 30.3 Å². The van der Waals surface area contributed by atoms with Crippen LogP contribution in [0.4, 0.5) is 5.69 Å². The molecule has 1 aliphatic rings. The second-order valence-corrected chi connectivity index (χ2v) is 5.25. The van der Waals surface area contributed by atoms with Crippen LogP contribution in [-0.2, 0) is 9.53 Å². The molecule has 1 fully saturated rings. The van der Waals surface area contributed by atoms with E-state index in [0.717, 1.165) is 26.2 Å². The van der Waals surface area contributed by atoms with Gasteiger partial charge in [-0.15, -0.1) is 0 Å². The quantitative estimate of drug-likeness (QED) is 0.828. The fourth-order valence-corrected chi connectivity index (χ4v) is 2.22. The Hall–Kier alpha value is -1.55. The van der Waals surface area contributed by atoms with E-state index in [1.807, 2.05) is 30.9 Å². The monoisotopic (exact) mass is 261 g/mol. The van der Waals surface area contributed by atoms with Crippen LogP contribution in [0.2, 0.25) is 0 Å². The highest BCUT2D eigenvalue weighted by Gasteiger charge is 2.33. The van der Waals surface area contributed by atoms with Crippen molar-refractivity contribution < 1.29 is 9.53 Å². The Morgan fingerprint density at radius 2 is 1.79 bits per heavy atom. The van der Waals surface area contributed by atoms with Gasteiger partial charge in [0.1, 0.15) is 5.60 Å². The van der Waals surface area contributed by atoms with Gasteiger partial charge in [0.05, 0.1) is 0 Å². The van der Waals surface area contributed by atoms with Crippen LogP contribution in [0, 0.1) is 6.07 Å². The van der Waals surface area contributed by atoms with Crippen molar-refractivity contribution in [3.8, 4) is 0 Å². The molecule has 4 nitrogen and oxygen atoms in total. The molecule has 1 radical (unpaired) electrons. The maximum atomic E-state index is 12.3. The number of rotatable bonds is 3. The maximum absolute atomic E-state index is 12.3. The number of benzene rings is 1. The van der Waals surface area contributed by atoms with Crippen molar-refractivity contribution in [2.45, 2.75) is 19.4 Å². The third kappa shape index (κ3) is 3.07. The van der Waals surface area contributed by atoms with Gasteiger partial charge in [-0.3, -0.25) is 4.79 Å². The number of anilines is 1. The Morgan fingerprint density at radius 3 is 2.32 bits per heavy atom. The molecule has 0 N–H and O–H groups in total. The van der Waals surface area contributed by atoms with Crippen LogP contribution in [0.3, 0.4) is 0 Å². The van der Waals surface area contributed by atoms with Crippen LogP contribution in [-0.4, -0.2) is 49.7 Å². The average molecular weight is 261 g/mol. The summed E-state index contributed by atoms with van der Waals surface area (Å²) >= 11 is 0. The van der Waals surface area contributed by atoms with Gasteiger partial charge in [0.25, 0.3) is 5.91 Å². The lowest BCUT2D eigenvalue weighted by Gasteiger charge is -2.39. The fourth-order valence-electron chi connectivity index (χ4n) is 2.22. The molecule has 0 saturated carbocycles. The van der Waals surface area contributed by atoms with Gasteiger partial charge in [0.15, 0.2) is 0 Å². The molecule has 1 heterocycles. The maximum Gasteiger partial charge on any atom is 0.254 e. The first-order valence-electron chi connectivity index (χ1n) is 6.60. The second kappa shape index (κ2) is 5.61. The van der Waals surface area contributed by atoms with Gasteiger partial charge in [-0.05, 0) is 32.0 Å². The summed E-state index contributed by atoms with van der Waals surface area (Å²) in [6.45, 7) is 6.82. The first kappa shape index (κ1) is 13.9. The largest absolute Gasteiger partial charge is 0.369 e. The molecule has 2 rings (SSSR count). The van der Waals surface area contributed by atoms with Crippen LogP contribution in [0.5, 0.6) is 0 Å². The third-order valence-corrected chi connectivity index (χ3v) is 3.66. The van der Waals surface area contributed by atoms with E-state index in [9.17, 15) is 4.79 Å². The lowest BCUT2D eigenvalue weighted by Crippen LogP contribution is -2.54. The zero-order valence-electron chi connectivity index (χ0n) is 11.8. The molecular weight excluding hydrogens is 240 g/mol. The van der Waals surface area contributed by atoms with Gasteiger partial charge in [-0.2, -0.15) is 0 Å². The highest BCUT2D eigenvalue weighted by molar-refractivity contribution is 5.84. The summed E-state index contributed by atoms with van der Waals surface area (Å²) in [5.74, 6) is 0.0658. The van der Waals surface area contributed by atoms with Crippen LogP contribution in [0.25, 0.3) is 0 Å². The van der Waals surface area contributed by atoms with Gasteiger partial charge < -0.3 is 14.5 Å². The minimum Gasteiger partial charge on any atom is -0.369 e. The molecule has 0 unspecified atom stereocenters. The molecule has 0 bridgehead atoms. The van der Waals surface area contributed by atoms with Crippen LogP contribution >= 0.6 is 0 Å². The number of piperazine rings is 1. The molecule has 103 valence electrons. The number of hydrogen-bond acceptors (Lipinski definition) is 3. The lowest BCUT2D eigenvalue weighted by atomic mass is 10.1. The van der Waals surface area contributed by atoms with E-state index in [1.165, 1.54) is 5.69 Å². The summed E-state index contributed by atoms with van der Waals surface area (Å²) < 4.78 is 5.26. The molecule has 1 saturated heterocycles. The first-order chi connectivity index (χ1) is 9.04. The van der Waals surface area contributed by atoms with Gasteiger partial charge in [0.2, 0.25) is 0 Å². The smallest absolute Gasteiger partial charge is 0.254 e. The lowest BCUT2D eigenvalue weighted by molar-refractivity contribution is -0.151. The number of hydrogen-bond donors (Lipinski definition) is 0. The molecule has 0 aromatic heterocycles. The number of ether oxygens (including phenoxy) is 1. The van der Waals surface area contributed by atoms with Gasteiger partial charge in [-0.25, -0.2) is 0 Å². The summed E-state index contributed by atoms with van der Waals surface area (Å²) in [6, 6.07) is 11.0. The summed E-state index contributed by atoms with van der Waals surface area (Å²) in [5.41, 5.74) is 0.459. The van der Waals surface area contributed by atoms with E-state index < -0.39 is 5.60 Å². The van der Waals surface area contributed by atoms with Gasteiger partial charge >= 0.3 is 0 Å². The molecule has 1 aromatic carbocycles. The summed E-state index contributed by atoms with van der Waals surface area (Å²) in [4.78, 5) is 16.4. The molecule has 0 atom stereocenters. The highest BCUT2D eigenvalue weighted by atomic mass is 16.5. The number of carbonyl (C=O) groups is 1. The normalized spacial score (nSPS) is 16.6. The summed E-state index contributed by atoms with van der Waals surface area (Å²) in [5, 5.41) is 0. The van der Waals surface area contributed by atoms with Crippen molar-refractivity contribution in [2.75, 3.05) is 38.2 Å². The number of nitrogens with zero attached hydrogens (tertiary/aromatic N) is 2. The van der Waals surface area contributed by atoms with Crippen molar-refractivity contribution in [1.82, 2.24) is 4.90 Å². The Morgan fingerprint density at radius 1 is 1.21 bits per heavy atom. The van der Waals surface area contributed by atoms with Crippen molar-refractivity contribution in [1.29, 1.82) is 0 Å². The molecule has 1 aliphatic heterocycles. The SMILES string of the molecule is COC(C)(C)C(=O)N1CCN(c2cc[c]cc2)CC1. The minimum absolute atomic E-state index is 0.0658. The highest BCUT2D eigenvalue weighted by Crippen LogP contribution is 2.18. The van der Waals surface area contributed by atoms with E-state index in [0.29, 0.717) is 0 Å². The van der Waals surface area contributed by atoms with Crippen LogP contribution in [0.1, 0.15) is 13.8 Å². The first-order valence-corrected chi connectivity index (χ1v) is 6.60. The fraction of sp³-hybridized carbons (Fsp3) is 0.533.